The Morgan fingerprint density at radius 3 is 2.44 bits per heavy atom. The third-order valence-corrected chi connectivity index (χ3v) is 3.64. The molecule has 0 aliphatic heterocycles. The first kappa shape index (κ1) is 15.0. The van der Waals surface area contributed by atoms with E-state index >= 15 is 0 Å². The number of carbonyl (C=O) groups is 1. The molecule has 4 nitrogen and oxygen atoms in total. The normalized spacial score (nSPS) is 13.2. The van der Waals surface area contributed by atoms with E-state index in [2.05, 4.69) is 20.9 Å². The van der Waals surface area contributed by atoms with Crippen LogP contribution in [-0.4, -0.2) is 26.6 Å². The van der Waals surface area contributed by atoms with E-state index in [0.717, 1.165) is 15.7 Å². The van der Waals surface area contributed by atoms with E-state index in [-0.39, 0.29) is 6.04 Å². The predicted octanol–water partition coefficient (Wildman–Crippen LogP) is 3.99. The first-order valence-electron chi connectivity index (χ1n) is 5.79. The molecule has 0 fully saturated rings. The molecule has 1 amide bonds. The molecule has 0 aliphatic rings. The molecule has 100 valence electrons. The molecule has 0 saturated heterocycles. The average Bonchev–Trinajstić information content (AvgIpc) is 2.19. The minimum atomic E-state index is -0.933. The van der Waals surface area contributed by atoms with Crippen LogP contribution in [0.2, 0.25) is 0 Å². The van der Waals surface area contributed by atoms with Gasteiger partial charge in [-0.05, 0) is 62.2 Å². The van der Waals surface area contributed by atoms with Gasteiger partial charge in [-0.3, -0.25) is 9.88 Å². The van der Waals surface area contributed by atoms with Crippen LogP contribution in [0.3, 0.4) is 0 Å². The van der Waals surface area contributed by atoms with Crippen LogP contribution in [0.25, 0.3) is 0 Å². The predicted molar refractivity (Wildman–Crippen MR) is 74.7 cm³/mol. The zero-order valence-corrected chi connectivity index (χ0v) is 12.9. The van der Waals surface area contributed by atoms with Crippen LogP contribution >= 0.6 is 15.9 Å². The van der Waals surface area contributed by atoms with Gasteiger partial charge >= 0.3 is 6.09 Å². The number of aryl methyl sites for hydroxylation is 1. The summed E-state index contributed by atoms with van der Waals surface area (Å²) in [5.74, 6) is 0. The van der Waals surface area contributed by atoms with Gasteiger partial charge in [0, 0.05) is 16.2 Å². The maximum atomic E-state index is 11.4. The van der Waals surface area contributed by atoms with E-state index in [1.165, 1.54) is 4.90 Å². The van der Waals surface area contributed by atoms with Gasteiger partial charge in [0.1, 0.15) is 0 Å². The Morgan fingerprint density at radius 2 is 2.06 bits per heavy atom. The molecule has 0 aliphatic carbocycles. The largest absolute Gasteiger partial charge is 0.465 e. The van der Waals surface area contributed by atoms with Gasteiger partial charge in [0.15, 0.2) is 0 Å². The average molecular weight is 315 g/mol. The second-order valence-corrected chi connectivity index (χ2v) is 6.21. The van der Waals surface area contributed by atoms with Crippen molar-refractivity contribution in [3.05, 3.63) is 28.0 Å². The molecule has 1 N–H and O–H groups in total. The molecule has 5 heteroatoms. The van der Waals surface area contributed by atoms with Crippen LogP contribution in [-0.2, 0) is 0 Å². The summed E-state index contributed by atoms with van der Waals surface area (Å²) in [6.07, 6.45) is 0.779. The van der Waals surface area contributed by atoms with Crippen LogP contribution in [0, 0.1) is 6.92 Å². The van der Waals surface area contributed by atoms with Gasteiger partial charge in [-0.15, -0.1) is 0 Å². The highest BCUT2D eigenvalue weighted by Crippen LogP contribution is 2.28. The monoisotopic (exact) mass is 314 g/mol. The highest BCUT2D eigenvalue weighted by Gasteiger charge is 2.32. The summed E-state index contributed by atoms with van der Waals surface area (Å²) in [5, 5.41) is 9.35. The number of rotatable bonds is 2. The van der Waals surface area contributed by atoms with Crippen molar-refractivity contribution in [1.82, 2.24) is 9.88 Å². The lowest BCUT2D eigenvalue weighted by molar-refractivity contribution is 0.0740. The molecule has 1 unspecified atom stereocenters. The molecule has 0 spiro atoms. The third kappa shape index (κ3) is 3.22. The molecule has 0 saturated carbocycles. The highest BCUT2D eigenvalue weighted by atomic mass is 79.9. The molecule has 1 heterocycles. The number of pyridine rings is 1. The van der Waals surface area contributed by atoms with E-state index in [4.69, 9.17) is 0 Å². The number of halogens is 1. The van der Waals surface area contributed by atoms with Gasteiger partial charge < -0.3 is 5.11 Å². The summed E-state index contributed by atoms with van der Waals surface area (Å²) < 4.78 is 0.927. The number of hydrogen-bond acceptors (Lipinski definition) is 2. The number of hydrogen-bond donors (Lipinski definition) is 1. The molecule has 1 aromatic rings. The van der Waals surface area contributed by atoms with Gasteiger partial charge in [0.2, 0.25) is 0 Å². The van der Waals surface area contributed by atoms with Crippen molar-refractivity contribution >= 4 is 22.0 Å². The van der Waals surface area contributed by atoms with Crippen molar-refractivity contribution in [2.45, 2.75) is 46.2 Å². The molecule has 1 atom stereocenters. The maximum Gasteiger partial charge on any atom is 0.408 e. The standard InChI is InChI=1S/C13H19BrN2O2/c1-8-6-11(15-7-10(8)14)9(2)16(12(17)18)13(3,4)5/h6-7,9H,1-5H3,(H,17,18). The Bertz CT molecular complexity index is 455. The number of nitrogens with zero attached hydrogens (tertiary/aromatic N) is 2. The van der Waals surface area contributed by atoms with Crippen LogP contribution in [0.5, 0.6) is 0 Å². The topological polar surface area (TPSA) is 53.4 Å². The van der Waals surface area contributed by atoms with Crippen molar-refractivity contribution in [2.75, 3.05) is 0 Å². The summed E-state index contributed by atoms with van der Waals surface area (Å²) in [6.45, 7) is 9.45. The Kier molecular flexibility index (Phi) is 4.37. The van der Waals surface area contributed by atoms with E-state index in [9.17, 15) is 9.90 Å². The second kappa shape index (κ2) is 5.26. The molecule has 1 rings (SSSR count). The minimum absolute atomic E-state index is 0.283. The van der Waals surface area contributed by atoms with Crippen molar-refractivity contribution in [2.24, 2.45) is 0 Å². The fourth-order valence-corrected chi connectivity index (χ4v) is 2.17. The van der Waals surface area contributed by atoms with Gasteiger partial charge in [-0.1, -0.05) is 0 Å². The number of carboxylic acid groups (broad SMARTS) is 1. The summed E-state index contributed by atoms with van der Waals surface area (Å²) >= 11 is 3.39. The van der Waals surface area contributed by atoms with Crippen LogP contribution in [0.15, 0.2) is 16.7 Å². The molecule has 18 heavy (non-hydrogen) atoms. The smallest absolute Gasteiger partial charge is 0.408 e. The molecule has 1 aromatic heterocycles. The van der Waals surface area contributed by atoms with E-state index < -0.39 is 11.6 Å². The summed E-state index contributed by atoms with van der Waals surface area (Å²) in [7, 11) is 0. The SMILES string of the molecule is Cc1cc(C(C)N(C(=O)O)C(C)(C)C)ncc1Br. The van der Waals surface area contributed by atoms with Gasteiger partial charge in [0.05, 0.1) is 11.7 Å². The zero-order chi connectivity index (χ0) is 14.1. The second-order valence-electron chi connectivity index (χ2n) is 5.36. The first-order chi connectivity index (χ1) is 8.14. The minimum Gasteiger partial charge on any atom is -0.465 e. The van der Waals surface area contributed by atoms with Crippen molar-refractivity contribution < 1.29 is 9.90 Å². The van der Waals surface area contributed by atoms with E-state index in [1.54, 1.807) is 6.20 Å². The maximum absolute atomic E-state index is 11.4. The lowest BCUT2D eigenvalue weighted by Crippen LogP contribution is -2.46. The van der Waals surface area contributed by atoms with Crippen molar-refractivity contribution in [1.29, 1.82) is 0 Å². The Morgan fingerprint density at radius 1 is 1.50 bits per heavy atom. The van der Waals surface area contributed by atoms with Crippen LogP contribution in [0.1, 0.15) is 45.0 Å². The van der Waals surface area contributed by atoms with E-state index in [0.29, 0.717) is 0 Å². The molecule has 0 radical (unpaired) electrons. The fraction of sp³-hybridized carbons (Fsp3) is 0.538. The first-order valence-corrected chi connectivity index (χ1v) is 6.58. The summed E-state index contributed by atoms with van der Waals surface area (Å²) in [4.78, 5) is 17.1. The third-order valence-electron chi connectivity index (χ3n) is 2.81. The Balaban J connectivity index is 3.14. The van der Waals surface area contributed by atoms with Gasteiger partial charge in [-0.2, -0.15) is 0 Å². The van der Waals surface area contributed by atoms with Gasteiger partial charge in [-0.25, -0.2) is 4.79 Å². The summed E-state index contributed by atoms with van der Waals surface area (Å²) in [5.41, 5.74) is 1.34. The van der Waals surface area contributed by atoms with Crippen LogP contribution in [0.4, 0.5) is 4.79 Å². The van der Waals surface area contributed by atoms with Crippen LogP contribution < -0.4 is 0 Å². The zero-order valence-electron chi connectivity index (χ0n) is 11.4. The fourth-order valence-electron chi connectivity index (χ4n) is 1.96. The highest BCUT2D eigenvalue weighted by molar-refractivity contribution is 9.10. The van der Waals surface area contributed by atoms with Crippen molar-refractivity contribution in [3.63, 3.8) is 0 Å². The van der Waals surface area contributed by atoms with Gasteiger partial charge in [0.25, 0.3) is 0 Å². The quantitative estimate of drug-likeness (QED) is 0.897. The number of aromatic nitrogens is 1. The molecule has 0 bridgehead atoms. The van der Waals surface area contributed by atoms with Crippen molar-refractivity contribution in [3.8, 4) is 0 Å². The molecular weight excluding hydrogens is 296 g/mol. The van der Waals surface area contributed by atoms with E-state index in [1.807, 2.05) is 40.7 Å². The lowest BCUT2D eigenvalue weighted by Gasteiger charge is -2.37. The summed E-state index contributed by atoms with van der Waals surface area (Å²) in [6, 6.07) is 1.63. The molecule has 0 aromatic carbocycles. The lowest BCUT2D eigenvalue weighted by atomic mass is 10.0. The Hall–Kier alpha value is -1.10. The number of amides is 1. The molecular formula is C13H19BrN2O2. The Labute approximate surface area is 116 Å².